The van der Waals surface area contributed by atoms with Crippen LogP contribution in [-0.2, 0) is 14.3 Å². The number of carbonyl (C=O) groups excluding carboxylic acids is 1. The minimum Gasteiger partial charge on any atom is -0.497 e. The van der Waals surface area contributed by atoms with Crippen molar-refractivity contribution in [3.63, 3.8) is 0 Å². The number of ether oxygens (including phenoxy) is 3. The summed E-state index contributed by atoms with van der Waals surface area (Å²) in [4.78, 5) is 12.6. The van der Waals surface area contributed by atoms with E-state index in [1.807, 2.05) is 0 Å². The van der Waals surface area contributed by atoms with Crippen molar-refractivity contribution in [1.29, 1.82) is 0 Å². The van der Waals surface area contributed by atoms with Crippen LogP contribution in [0.25, 0.3) is 10.8 Å². The summed E-state index contributed by atoms with van der Waals surface area (Å²) in [7, 11) is 2.78. The van der Waals surface area contributed by atoms with E-state index in [-0.39, 0.29) is 29.2 Å². The minimum atomic E-state index is -2.18. The van der Waals surface area contributed by atoms with E-state index in [9.17, 15) is 4.79 Å². The Morgan fingerprint density at radius 1 is 1.13 bits per heavy atom. The molecule has 23 heavy (non-hydrogen) atoms. The molecule has 2 aromatic rings. The Kier molecular flexibility index (Phi) is 3.69. The molecule has 0 saturated heterocycles. The number of hydrogen-bond donors (Lipinski definition) is 0. The molecule has 4 heteroatoms. The summed E-state index contributed by atoms with van der Waals surface area (Å²) in [5.41, 5.74) is -0.403. The third-order valence-electron chi connectivity index (χ3n) is 3.21. The van der Waals surface area contributed by atoms with E-state index in [0.29, 0.717) is 19.4 Å². The van der Waals surface area contributed by atoms with Crippen LogP contribution in [0.2, 0.25) is 0 Å². The highest BCUT2D eigenvalue weighted by Gasteiger charge is 2.17. The predicted molar refractivity (Wildman–Crippen MR) is 91.0 cm³/mol. The third kappa shape index (κ3) is 4.70. The summed E-state index contributed by atoms with van der Waals surface area (Å²) in [5, 5.41) is -0.441. The van der Waals surface area contributed by atoms with Gasteiger partial charge in [-0.3, -0.25) is 4.79 Å². The molecule has 0 saturated carbocycles. The summed E-state index contributed by atoms with van der Waals surface area (Å²) in [6.45, 7) is 1.70. The molecule has 0 unspecified atom stereocenters. The Hall–Kier alpha value is -2.07. The van der Waals surface area contributed by atoms with E-state index in [4.69, 9.17) is 23.8 Å². The number of fused-ring (bicyclic) bond motifs is 1. The van der Waals surface area contributed by atoms with E-state index >= 15 is 0 Å². The highest BCUT2D eigenvalue weighted by atomic mass is 16.5. The van der Waals surface area contributed by atoms with Crippen LogP contribution in [-0.4, -0.2) is 33.4 Å². The maximum absolute atomic E-state index is 12.6. The van der Waals surface area contributed by atoms with Gasteiger partial charge >= 0.3 is 5.97 Å². The summed E-state index contributed by atoms with van der Waals surface area (Å²) in [6, 6.07) is -2.91. The van der Waals surface area contributed by atoms with Crippen molar-refractivity contribution >= 4 is 16.7 Å². The molecule has 0 fully saturated rings. The van der Waals surface area contributed by atoms with Crippen molar-refractivity contribution < 1.29 is 28.6 Å². The Morgan fingerprint density at radius 3 is 2.57 bits per heavy atom. The third-order valence-corrected chi connectivity index (χ3v) is 3.21. The SMILES string of the molecule is [2H]c1c([C@]([2H])(C)C(=O)OCCCCOC)c([2H])c2c([2H])c([2H])c(OC)c([2H])c2c1[2H]. The quantitative estimate of drug-likeness (QED) is 0.545. The second kappa shape index (κ2) is 8.53. The minimum absolute atomic E-state index is 0.0350. The smallest absolute Gasteiger partial charge is 0.313 e. The molecule has 2 rings (SSSR count). The molecule has 0 aliphatic heterocycles. The van der Waals surface area contributed by atoms with Gasteiger partial charge in [0.1, 0.15) is 5.75 Å². The van der Waals surface area contributed by atoms with Crippen molar-refractivity contribution in [2.24, 2.45) is 0 Å². The largest absolute Gasteiger partial charge is 0.497 e. The van der Waals surface area contributed by atoms with Gasteiger partial charge in [0, 0.05) is 15.1 Å². The Balaban J connectivity index is 2.62. The van der Waals surface area contributed by atoms with Gasteiger partial charge in [-0.2, -0.15) is 0 Å². The zero-order chi connectivity index (χ0) is 22.8. The normalized spacial score (nSPS) is 17.8. The Labute approximate surface area is 147 Å². The lowest BCUT2D eigenvalue weighted by molar-refractivity contribution is -0.145. The van der Waals surface area contributed by atoms with Crippen LogP contribution in [0.5, 0.6) is 5.75 Å². The number of hydrogen-bond acceptors (Lipinski definition) is 4. The van der Waals surface area contributed by atoms with Crippen LogP contribution < -0.4 is 4.74 Å². The van der Waals surface area contributed by atoms with Crippen LogP contribution in [0.4, 0.5) is 0 Å². The van der Waals surface area contributed by atoms with E-state index in [0.717, 1.165) is 6.92 Å². The highest BCUT2D eigenvalue weighted by molar-refractivity contribution is 5.86. The molecule has 0 bridgehead atoms. The molecule has 0 N–H and O–H groups in total. The lowest BCUT2D eigenvalue weighted by Crippen LogP contribution is -2.14. The van der Waals surface area contributed by atoms with Gasteiger partial charge in [0.15, 0.2) is 0 Å². The summed E-state index contributed by atoms with van der Waals surface area (Å²) in [6.07, 6.45) is 1.17. The first kappa shape index (κ1) is 9.93. The van der Waals surface area contributed by atoms with Crippen LogP contribution in [0, 0.1) is 0 Å². The first-order chi connectivity index (χ1) is 14.0. The number of rotatable bonds is 8. The molecule has 0 heterocycles. The maximum atomic E-state index is 12.6. The molecule has 0 radical (unpaired) electrons. The van der Waals surface area contributed by atoms with Gasteiger partial charge in [0.25, 0.3) is 0 Å². The van der Waals surface area contributed by atoms with Crippen LogP contribution in [0.3, 0.4) is 0 Å². The number of esters is 1. The molecule has 0 aromatic heterocycles. The lowest BCUT2D eigenvalue weighted by atomic mass is 9.98. The van der Waals surface area contributed by atoms with Gasteiger partial charge in [-0.15, -0.1) is 0 Å². The zero-order valence-corrected chi connectivity index (χ0v) is 13.5. The van der Waals surface area contributed by atoms with E-state index in [2.05, 4.69) is 0 Å². The van der Waals surface area contributed by atoms with Crippen LogP contribution in [0.1, 0.15) is 40.8 Å². The lowest BCUT2D eigenvalue weighted by Gasteiger charge is -2.13. The number of unbranched alkanes of at least 4 members (excludes halogenated alkanes) is 1. The average molecular weight is 323 g/mol. The van der Waals surface area contributed by atoms with E-state index < -0.39 is 47.6 Å². The first-order valence-corrected chi connectivity index (χ1v) is 7.26. The van der Waals surface area contributed by atoms with Crippen LogP contribution >= 0.6 is 0 Å². The fourth-order valence-electron chi connectivity index (χ4n) is 1.87. The first-order valence-electron chi connectivity index (χ1n) is 10.8. The van der Waals surface area contributed by atoms with Gasteiger partial charge in [0.2, 0.25) is 0 Å². The predicted octanol–water partition coefficient (Wildman–Crippen LogP) is 3.92. The fraction of sp³-hybridized carbons (Fsp3) is 0.421. The van der Waals surface area contributed by atoms with Gasteiger partial charge in [-0.05, 0) is 48.2 Å². The molecule has 2 aromatic carbocycles. The summed E-state index contributed by atoms with van der Waals surface area (Å²) >= 11 is 0. The molecule has 0 aliphatic rings. The molecule has 0 amide bonds. The number of benzene rings is 2. The molecular weight excluding hydrogens is 292 g/mol. The van der Waals surface area contributed by atoms with Gasteiger partial charge in [0.05, 0.1) is 27.8 Å². The second-order valence-corrected chi connectivity index (χ2v) is 4.87. The monoisotopic (exact) mass is 323 g/mol. The van der Waals surface area contributed by atoms with Crippen LogP contribution in [0.15, 0.2) is 36.3 Å². The Bertz CT molecular complexity index is 976. The fourth-order valence-corrected chi connectivity index (χ4v) is 1.87. The highest BCUT2D eigenvalue weighted by Crippen LogP contribution is 2.25. The number of carbonyl (C=O) groups is 1. The molecule has 0 aliphatic carbocycles. The Morgan fingerprint density at radius 2 is 1.83 bits per heavy atom. The molecule has 4 nitrogen and oxygen atoms in total. The van der Waals surface area contributed by atoms with Gasteiger partial charge in [-0.1, -0.05) is 24.2 Å². The standard InChI is InChI=1S/C19H24O4/c1-14(19(20)23-11-5-4-10-21-2)15-6-7-17-13-18(22-3)9-8-16(17)12-15/h6-9,12-14H,4-5,10-11H2,1-3H3/t14-/m0/s1/i6D,7D,8D,9D,12D,13D,14D. The van der Waals surface area contributed by atoms with E-state index in [1.165, 1.54) is 7.11 Å². The summed E-state index contributed by atoms with van der Waals surface area (Å²) < 4.78 is 73.1. The second-order valence-electron chi connectivity index (χ2n) is 4.87. The maximum Gasteiger partial charge on any atom is 0.313 e. The van der Waals surface area contributed by atoms with Gasteiger partial charge in [-0.25, -0.2) is 0 Å². The number of methoxy groups -OCH3 is 2. The van der Waals surface area contributed by atoms with Crippen molar-refractivity contribution in [2.45, 2.75) is 25.7 Å². The van der Waals surface area contributed by atoms with Gasteiger partial charge < -0.3 is 14.2 Å². The summed E-state index contributed by atoms with van der Waals surface area (Å²) in [5.74, 6) is -3.41. The van der Waals surface area contributed by atoms with Crippen molar-refractivity contribution in [2.75, 3.05) is 27.4 Å². The molecular formula is C19H24O4. The molecule has 124 valence electrons. The zero-order valence-electron chi connectivity index (χ0n) is 20.5. The van der Waals surface area contributed by atoms with Crippen molar-refractivity contribution in [3.8, 4) is 5.75 Å². The molecule has 1 atom stereocenters. The molecule has 0 spiro atoms. The topological polar surface area (TPSA) is 44.8 Å². The van der Waals surface area contributed by atoms with Crippen molar-refractivity contribution in [3.05, 3.63) is 41.8 Å². The average Bonchev–Trinajstić information content (AvgIpc) is 2.69. The van der Waals surface area contributed by atoms with Crippen molar-refractivity contribution in [1.82, 2.24) is 0 Å². The van der Waals surface area contributed by atoms with E-state index in [1.54, 1.807) is 7.11 Å².